The van der Waals surface area contributed by atoms with Gasteiger partial charge in [0.2, 0.25) is 5.91 Å². The third kappa shape index (κ3) is 2.78. The number of rotatable bonds is 3. The van der Waals surface area contributed by atoms with Crippen molar-refractivity contribution < 1.29 is 4.79 Å². The van der Waals surface area contributed by atoms with E-state index < -0.39 is 0 Å². The fourth-order valence-corrected chi connectivity index (χ4v) is 4.21. The van der Waals surface area contributed by atoms with Gasteiger partial charge in [0.05, 0.1) is 11.0 Å². The zero-order chi connectivity index (χ0) is 16.5. The minimum absolute atomic E-state index is 0.0191. The van der Waals surface area contributed by atoms with Gasteiger partial charge in [-0.2, -0.15) is 11.3 Å². The molecule has 124 valence electrons. The molecule has 6 heteroatoms. The lowest BCUT2D eigenvalue weighted by Gasteiger charge is -2.32. The van der Waals surface area contributed by atoms with Crippen LogP contribution in [0.4, 0.5) is 0 Å². The maximum atomic E-state index is 12.6. The van der Waals surface area contributed by atoms with Crippen LogP contribution in [0.2, 0.25) is 0 Å². The summed E-state index contributed by atoms with van der Waals surface area (Å²) in [6.07, 6.45) is 1.98. The summed E-state index contributed by atoms with van der Waals surface area (Å²) in [4.78, 5) is 29.4. The number of benzene rings is 1. The van der Waals surface area contributed by atoms with Crippen molar-refractivity contribution in [2.75, 3.05) is 13.1 Å². The molecule has 1 aliphatic rings. The van der Waals surface area contributed by atoms with Crippen molar-refractivity contribution in [2.45, 2.75) is 25.3 Å². The van der Waals surface area contributed by atoms with E-state index in [1.54, 1.807) is 11.3 Å². The predicted molar refractivity (Wildman–Crippen MR) is 95.4 cm³/mol. The number of H-pyrrole nitrogens is 1. The number of aromatic nitrogens is 2. The number of nitrogens with one attached hydrogen (secondary N) is 1. The number of carbonyl (C=O) groups is 1. The summed E-state index contributed by atoms with van der Waals surface area (Å²) in [6.45, 7) is 1.62. The van der Waals surface area contributed by atoms with E-state index in [9.17, 15) is 9.59 Å². The molecule has 1 amide bonds. The Hall–Kier alpha value is -2.34. The molecular weight excluding hydrogens is 322 g/mol. The van der Waals surface area contributed by atoms with Gasteiger partial charge in [0, 0.05) is 13.1 Å². The van der Waals surface area contributed by atoms with Crippen LogP contribution in [0.5, 0.6) is 0 Å². The van der Waals surface area contributed by atoms with Crippen molar-refractivity contribution in [1.29, 1.82) is 0 Å². The minimum Gasteiger partial charge on any atom is -0.341 e. The Morgan fingerprint density at radius 2 is 2.00 bits per heavy atom. The molecule has 1 fully saturated rings. The molecule has 1 saturated heterocycles. The molecular formula is C18H19N3O2S. The first-order valence-corrected chi connectivity index (χ1v) is 9.14. The summed E-state index contributed by atoms with van der Waals surface area (Å²) in [5.41, 5.74) is 2.72. The molecule has 0 atom stereocenters. The second kappa shape index (κ2) is 6.28. The standard InChI is InChI=1S/C18H19N3O2S/c22-17(11-21-16-4-2-1-3-15(16)19-18(21)23)20-8-5-13(6-9-20)14-7-10-24-12-14/h1-4,7,10,12-13H,5-6,8-9,11H2,(H,19,23). The van der Waals surface area contributed by atoms with Gasteiger partial charge in [-0.15, -0.1) is 0 Å². The fourth-order valence-electron chi connectivity index (χ4n) is 3.47. The van der Waals surface area contributed by atoms with Gasteiger partial charge in [-0.1, -0.05) is 12.1 Å². The lowest BCUT2D eigenvalue weighted by Crippen LogP contribution is -2.40. The molecule has 3 heterocycles. The Morgan fingerprint density at radius 3 is 2.75 bits per heavy atom. The molecule has 1 N–H and O–H groups in total. The number of likely N-dealkylation sites (tertiary alicyclic amines) is 1. The molecule has 0 bridgehead atoms. The van der Waals surface area contributed by atoms with Crippen molar-refractivity contribution >= 4 is 28.3 Å². The quantitative estimate of drug-likeness (QED) is 0.796. The highest BCUT2D eigenvalue weighted by Crippen LogP contribution is 2.29. The predicted octanol–water partition coefficient (Wildman–Crippen LogP) is 2.80. The van der Waals surface area contributed by atoms with E-state index in [0.717, 1.165) is 37.0 Å². The Labute approximate surface area is 143 Å². The van der Waals surface area contributed by atoms with Crippen LogP contribution in [0.25, 0.3) is 11.0 Å². The van der Waals surface area contributed by atoms with Crippen LogP contribution in [0.15, 0.2) is 45.9 Å². The molecule has 2 aromatic heterocycles. The van der Waals surface area contributed by atoms with Crippen molar-refractivity contribution in [3.05, 3.63) is 57.1 Å². The molecule has 0 aliphatic carbocycles. The molecule has 3 aromatic rings. The van der Waals surface area contributed by atoms with Crippen molar-refractivity contribution in [3.63, 3.8) is 0 Å². The Kier molecular flexibility index (Phi) is 3.98. The summed E-state index contributed by atoms with van der Waals surface area (Å²) < 4.78 is 1.53. The third-order valence-corrected chi connectivity index (χ3v) is 5.54. The number of piperidine rings is 1. The van der Waals surface area contributed by atoms with E-state index in [2.05, 4.69) is 21.8 Å². The molecule has 0 spiro atoms. The van der Waals surface area contributed by atoms with Gasteiger partial charge in [0.15, 0.2) is 0 Å². The van der Waals surface area contributed by atoms with Crippen LogP contribution < -0.4 is 5.69 Å². The van der Waals surface area contributed by atoms with E-state index in [4.69, 9.17) is 0 Å². The number of aromatic amines is 1. The number of thiophene rings is 1. The van der Waals surface area contributed by atoms with E-state index in [1.165, 1.54) is 10.1 Å². The first-order chi connectivity index (χ1) is 11.7. The van der Waals surface area contributed by atoms with Gasteiger partial charge in [-0.25, -0.2) is 4.79 Å². The lowest BCUT2D eigenvalue weighted by atomic mass is 9.91. The van der Waals surface area contributed by atoms with Crippen molar-refractivity contribution in [2.24, 2.45) is 0 Å². The average molecular weight is 341 g/mol. The highest BCUT2D eigenvalue weighted by Gasteiger charge is 2.24. The summed E-state index contributed by atoms with van der Waals surface area (Å²) in [6, 6.07) is 9.65. The Morgan fingerprint density at radius 1 is 1.21 bits per heavy atom. The first kappa shape index (κ1) is 15.2. The van der Waals surface area contributed by atoms with E-state index >= 15 is 0 Å². The van der Waals surface area contributed by atoms with E-state index in [1.807, 2.05) is 29.2 Å². The smallest absolute Gasteiger partial charge is 0.326 e. The van der Waals surface area contributed by atoms with Crippen LogP contribution in [-0.4, -0.2) is 33.4 Å². The first-order valence-electron chi connectivity index (χ1n) is 8.20. The molecule has 5 nitrogen and oxygen atoms in total. The summed E-state index contributed by atoms with van der Waals surface area (Å²) in [7, 11) is 0. The molecule has 0 unspecified atom stereocenters. The molecule has 24 heavy (non-hydrogen) atoms. The normalized spacial score (nSPS) is 15.9. The van der Waals surface area contributed by atoms with Gasteiger partial charge < -0.3 is 9.88 Å². The minimum atomic E-state index is -0.224. The number of amides is 1. The van der Waals surface area contributed by atoms with Crippen LogP contribution in [0, 0.1) is 0 Å². The number of carbonyl (C=O) groups excluding carboxylic acids is 1. The second-order valence-corrected chi connectivity index (χ2v) is 7.03. The average Bonchev–Trinajstić information content (AvgIpc) is 3.24. The summed E-state index contributed by atoms with van der Waals surface area (Å²) in [5, 5.41) is 4.31. The van der Waals surface area contributed by atoms with Gasteiger partial charge in [0.25, 0.3) is 0 Å². The Bertz CT molecular complexity index is 902. The largest absolute Gasteiger partial charge is 0.341 e. The maximum absolute atomic E-state index is 12.6. The van der Waals surface area contributed by atoms with Crippen molar-refractivity contribution in [3.8, 4) is 0 Å². The monoisotopic (exact) mass is 341 g/mol. The zero-order valence-electron chi connectivity index (χ0n) is 13.3. The highest BCUT2D eigenvalue weighted by atomic mass is 32.1. The van der Waals surface area contributed by atoms with E-state index in [-0.39, 0.29) is 18.1 Å². The molecule has 0 saturated carbocycles. The second-order valence-electron chi connectivity index (χ2n) is 6.25. The fraction of sp³-hybridized carbons (Fsp3) is 0.333. The van der Waals surface area contributed by atoms with Crippen LogP contribution in [-0.2, 0) is 11.3 Å². The van der Waals surface area contributed by atoms with Crippen LogP contribution >= 0.6 is 11.3 Å². The molecule has 1 aromatic carbocycles. The SMILES string of the molecule is O=C(Cn1c(=O)[nH]c2ccccc21)N1CCC(c2ccsc2)CC1. The molecule has 1 aliphatic heterocycles. The highest BCUT2D eigenvalue weighted by molar-refractivity contribution is 7.07. The number of para-hydroxylation sites is 2. The summed E-state index contributed by atoms with van der Waals surface area (Å²) in [5.74, 6) is 0.571. The van der Waals surface area contributed by atoms with Gasteiger partial charge >= 0.3 is 5.69 Å². The number of nitrogens with zero attached hydrogens (tertiary/aromatic N) is 2. The number of hydrogen-bond donors (Lipinski definition) is 1. The summed E-state index contributed by atoms with van der Waals surface area (Å²) >= 11 is 1.72. The van der Waals surface area contributed by atoms with Gasteiger partial charge in [-0.05, 0) is 53.3 Å². The third-order valence-electron chi connectivity index (χ3n) is 4.84. The van der Waals surface area contributed by atoms with Gasteiger partial charge in [-0.3, -0.25) is 9.36 Å². The van der Waals surface area contributed by atoms with Crippen LogP contribution in [0.3, 0.4) is 0 Å². The lowest BCUT2D eigenvalue weighted by molar-refractivity contribution is -0.132. The van der Waals surface area contributed by atoms with Crippen LogP contribution in [0.1, 0.15) is 24.3 Å². The maximum Gasteiger partial charge on any atom is 0.326 e. The van der Waals surface area contributed by atoms with E-state index in [0.29, 0.717) is 5.92 Å². The number of fused-ring (bicyclic) bond motifs is 1. The number of hydrogen-bond acceptors (Lipinski definition) is 3. The van der Waals surface area contributed by atoms with Gasteiger partial charge in [0.1, 0.15) is 6.54 Å². The zero-order valence-corrected chi connectivity index (χ0v) is 14.1. The molecule has 4 rings (SSSR count). The Balaban J connectivity index is 1.45. The number of imidazole rings is 1. The topological polar surface area (TPSA) is 58.1 Å². The van der Waals surface area contributed by atoms with Crippen molar-refractivity contribution in [1.82, 2.24) is 14.5 Å². The molecule has 0 radical (unpaired) electrons.